The molecule has 3 aromatic rings. The fourth-order valence-corrected chi connectivity index (χ4v) is 3.92. The van der Waals surface area contributed by atoms with Gasteiger partial charge in [0, 0.05) is 11.4 Å². The van der Waals surface area contributed by atoms with Gasteiger partial charge in [0.05, 0.1) is 12.6 Å². The first-order chi connectivity index (χ1) is 13.7. The minimum absolute atomic E-state index is 0.0300. The van der Waals surface area contributed by atoms with Crippen LogP contribution in [0.2, 0.25) is 0 Å². The van der Waals surface area contributed by atoms with Crippen molar-refractivity contribution in [1.82, 2.24) is 10.2 Å². The summed E-state index contributed by atoms with van der Waals surface area (Å²) in [5, 5.41) is 5.11. The second-order valence-corrected chi connectivity index (χ2v) is 7.65. The number of rotatable bonds is 9. The van der Waals surface area contributed by atoms with E-state index in [0.717, 1.165) is 30.0 Å². The van der Waals surface area contributed by atoms with Gasteiger partial charge in [-0.15, -0.1) is 11.3 Å². The van der Waals surface area contributed by atoms with Gasteiger partial charge >= 0.3 is 0 Å². The molecule has 1 unspecified atom stereocenters. The lowest BCUT2D eigenvalue weighted by molar-refractivity contribution is -0.122. The summed E-state index contributed by atoms with van der Waals surface area (Å²) in [4.78, 5) is 15.9. The SMILES string of the molecule is CCN(CCc1ccccc1)CC(=O)NC(c1ccc(F)cc1)c1cccs1. The van der Waals surface area contributed by atoms with E-state index in [1.807, 2.05) is 35.7 Å². The highest BCUT2D eigenvalue weighted by molar-refractivity contribution is 7.10. The normalized spacial score (nSPS) is 12.1. The first-order valence-electron chi connectivity index (χ1n) is 9.50. The van der Waals surface area contributed by atoms with Crippen molar-refractivity contribution in [2.45, 2.75) is 19.4 Å². The minimum atomic E-state index is -0.280. The van der Waals surface area contributed by atoms with Crippen LogP contribution in [0.25, 0.3) is 0 Å². The maximum Gasteiger partial charge on any atom is 0.234 e. The highest BCUT2D eigenvalue weighted by Gasteiger charge is 2.19. The molecule has 0 aliphatic heterocycles. The average Bonchev–Trinajstić information content (AvgIpc) is 3.25. The quantitative estimate of drug-likeness (QED) is 0.571. The van der Waals surface area contributed by atoms with Crippen molar-refractivity contribution in [2.75, 3.05) is 19.6 Å². The number of hydrogen-bond acceptors (Lipinski definition) is 3. The van der Waals surface area contributed by atoms with Gasteiger partial charge in [-0.3, -0.25) is 9.69 Å². The second-order valence-electron chi connectivity index (χ2n) is 6.67. The Morgan fingerprint density at radius 3 is 2.46 bits per heavy atom. The molecule has 28 heavy (non-hydrogen) atoms. The van der Waals surface area contributed by atoms with Gasteiger partial charge in [0.2, 0.25) is 5.91 Å². The number of thiophene rings is 1. The lowest BCUT2D eigenvalue weighted by Gasteiger charge is -2.23. The summed E-state index contributed by atoms with van der Waals surface area (Å²) in [7, 11) is 0. The predicted octanol–water partition coefficient (Wildman–Crippen LogP) is 4.66. The molecule has 0 spiro atoms. The van der Waals surface area contributed by atoms with E-state index in [4.69, 9.17) is 0 Å². The number of amides is 1. The summed E-state index contributed by atoms with van der Waals surface area (Å²) in [5.41, 5.74) is 2.15. The number of carbonyl (C=O) groups is 1. The van der Waals surface area contributed by atoms with Crippen molar-refractivity contribution in [3.8, 4) is 0 Å². The van der Waals surface area contributed by atoms with Crippen molar-refractivity contribution in [3.63, 3.8) is 0 Å². The molecule has 146 valence electrons. The Hall–Kier alpha value is -2.50. The highest BCUT2D eigenvalue weighted by atomic mass is 32.1. The van der Waals surface area contributed by atoms with E-state index in [2.05, 4.69) is 29.3 Å². The fourth-order valence-electron chi connectivity index (χ4n) is 3.12. The van der Waals surface area contributed by atoms with E-state index >= 15 is 0 Å². The Kier molecular flexibility index (Phi) is 7.34. The molecular formula is C23H25FN2OS. The van der Waals surface area contributed by atoms with Crippen LogP contribution in [0.1, 0.15) is 29.0 Å². The van der Waals surface area contributed by atoms with Crippen LogP contribution in [0.3, 0.4) is 0 Å². The van der Waals surface area contributed by atoms with E-state index < -0.39 is 0 Å². The zero-order valence-electron chi connectivity index (χ0n) is 16.0. The van der Waals surface area contributed by atoms with Crippen LogP contribution in [0.15, 0.2) is 72.1 Å². The van der Waals surface area contributed by atoms with Crippen LogP contribution in [-0.2, 0) is 11.2 Å². The van der Waals surface area contributed by atoms with Crippen molar-refractivity contribution in [2.24, 2.45) is 0 Å². The summed E-state index contributed by atoms with van der Waals surface area (Å²) >= 11 is 1.58. The van der Waals surface area contributed by atoms with Crippen LogP contribution in [-0.4, -0.2) is 30.4 Å². The summed E-state index contributed by atoms with van der Waals surface area (Å²) in [6.07, 6.45) is 0.911. The van der Waals surface area contributed by atoms with E-state index in [1.54, 1.807) is 23.5 Å². The molecule has 1 N–H and O–H groups in total. The highest BCUT2D eigenvalue weighted by Crippen LogP contribution is 2.26. The maximum absolute atomic E-state index is 13.3. The molecule has 0 saturated carbocycles. The molecule has 0 radical (unpaired) electrons. The molecule has 1 heterocycles. The third-order valence-corrected chi connectivity index (χ3v) is 5.65. The predicted molar refractivity (Wildman–Crippen MR) is 113 cm³/mol. The molecule has 0 saturated heterocycles. The molecule has 0 aliphatic rings. The Labute approximate surface area is 169 Å². The third-order valence-electron chi connectivity index (χ3n) is 4.71. The van der Waals surface area contributed by atoms with Crippen molar-refractivity contribution >= 4 is 17.2 Å². The van der Waals surface area contributed by atoms with Crippen LogP contribution in [0.5, 0.6) is 0 Å². The molecule has 1 aromatic heterocycles. The molecule has 3 rings (SSSR count). The first kappa shape index (κ1) is 20.2. The Morgan fingerprint density at radius 1 is 1.07 bits per heavy atom. The van der Waals surface area contributed by atoms with Crippen LogP contribution in [0.4, 0.5) is 4.39 Å². The van der Waals surface area contributed by atoms with Crippen molar-refractivity contribution in [1.29, 1.82) is 0 Å². The molecule has 1 atom stereocenters. The number of halogens is 1. The van der Waals surface area contributed by atoms with Gasteiger partial charge in [0.15, 0.2) is 0 Å². The third kappa shape index (κ3) is 5.75. The maximum atomic E-state index is 13.3. The molecule has 0 bridgehead atoms. The van der Waals surface area contributed by atoms with Gasteiger partial charge in [-0.05, 0) is 47.7 Å². The van der Waals surface area contributed by atoms with Crippen LogP contribution < -0.4 is 5.32 Å². The zero-order valence-corrected chi connectivity index (χ0v) is 16.8. The first-order valence-corrected chi connectivity index (χ1v) is 10.4. The zero-order chi connectivity index (χ0) is 19.8. The van der Waals surface area contributed by atoms with Crippen molar-refractivity contribution < 1.29 is 9.18 Å². The molecule has 5 heteroatoms. The van der Waals surface area contributed by atoms with Gasteiger partial charge in [-0.25, -0.2) is 4.39 Å². The second kappa shape index (κ2) is 10.2. The smallest absolute Gasteiger partial charge is 0.234 e. The number of benzene rings is 2. The van der Waals surface area contributed by atoms with E-state index in [9.17, 15) is 9.18 Å². The summed E-state index contributed by atoms with van der Waals surface area (Å²) < 4.78 is 13.3. The molecular weight excluding hydrogens is 371 g/mol. The van der Waals surface area contributed by atoms with Gasteiger partial charge in [0.1, 0.15) is 5.82 Å². The van der Waals surface area contributed by atoms with Gasteiger partial charge in [-0.2, -0.15) is 0 Å². The lowest BCUT2D eigenvalue weighted by Crippen LogP contribution is -2.39. The summed E-state index contributed by atoms with van der Waals surface area (Å²) in [6.45, 7) is 4.04. The number of nitrogens with one attached hydrogen (secondary N) is 1. The summed E-state index contributed by atoms with van der Waals surface area (Å²) in [5.74, 6) is -0.310. The van der Waals surface area contributed by atoms with Crippen LogP contribution in [0, 0.1) is 5.82 Å². The van der Waals surface area contributed by atoms with Gasteiger partial charge < -0.3 is 5.32 Å². The molecule has 3 nitrogen and oxygen atoms in total. The number of carbonyl (C=O) groups excluding carboxylic acids is 1. The Morgan fingerprint density at radius 2 is 1.82 bits per heavy atom. The van der Waals surface area contributed by atoms with Crippen molar-refractivity contribution in [3.05, 3.63) is 93.9 Å². The molecule has 0 fully saturated rings. The largest absolute Gasteiger partial charge is 0.343 e. The molecule has 0 aliphatic carbocycles. The monoisotopic (exact) mass is 396 g/mol. The number of likely N-dealkylation sites (N-methyl/N-ethyl adjacent to an activating group) is 1. The average molecular weight is 397 g/mol. The molecule has 1 amide bonds. The Balaban J connectivity index is 1.63. The lowest BCUT2D eigenvalue weighted by atomic mass is 10.1. The number of nitrogens with zero attached hydrogens (tertiary/aromatic N) is 1. The number of hydrogen-bond donors (Lipinski definition) is 1. The topological polar surface area (TPSA) is 32.3 Å². The van der Waals surface area contributed by atoms with Gasteiger partial charge in [0.25, 0.3) is 0 Å². The standard InChI is InChI=1S/C23H25FN2OS/c1-2-26(15-14-18-7-4-3-5-8-18)17-22(27)25-23(21-9-6-16-28-21)19-10-12-20(24)13-11-19/h3-13,16,23H,2,14-15,17H2,1H3,(H,25,27). The van der Waals surface area contributed by atoms with E-state index in [0.29, 0.717) is 6.54 Å². The fraction of sp³-hybridized carbons (Fsp3) is 0.261. The molecule has 2 aromatic carbocycles. The van der Waals surface area contributed by atoms with Crippen LogP contribution >= 0.6 is 11.3 Å². The summed E-state index contributed by atoms with van der Waals surface area (Å²) in [6, 6.07) is 20.3. The van der Waals surface area contributed by atoms with E-state index in [-0.39, 0.29) is 17.8 Å². The van der Waals surface area contributed by atoms with E-state index in [1.165, 1.54) is 17.7 Å². The Bertz CT molecular complexity index is 850. The van der Waals surface area contributed by atoms with Gasteiger partial charge in [-0.1, -0.05) is 55.5 Å². The minimum Gasteiger partial charge on any atom is -0.343 e.